The lowest BCUT2D eigenvalue weighted by molar-refractivity contribution is -0.189. The Morgan fingerprint density at radius 2 is 2.07 bits per heavy atom. The van der Waals surface area contributed by atoms with Crippen LogP contribution >= 0.6 is 0 Å². The second-order valence-corrected chi connectivity index (χ2v) is 9.16. The molecule has 0 aliphatic carbocycles. The van der Waals surface area contributed by atoms with Crippen LogP contribution in [0.5, 0.6) is 5.75 Å². The molecule has 8 nitrogen and oxygen atoms in total. The number of amides is 1. The van der Waals surface area contributed by atoms with Crippen molar-refractivity contribution in [2.24, 2.45) is 0 Å². The normalized spacial score (nSPS) is 18.5. The van der Waals surface area contributed by atoms with Gasteiger partial charge in [0.1, 0.15) is 5.75 Å². The fraction of sp³-hybridized carbons (Fsp3) is 0.500. The molecular weight excluding hydrogens is 427 g/mol. The third-order valence-electron chi connectivity index (χ3n) is 4.74. The van der Waals surface area contributed by atoms with Gasteiger partial charge in [-0.05, 0) is 38.5 Å². The second kappa shape index (κ2) is 7.89. The van der Waals surface area contributed by atoms with Gasteiger partial charge in [0, 0.05) is 19.3 Å². The molecule has 0 N–H and O–H groups in total. The Morgan fingerprint density at radius 1 is 1.37 bits per heavy atom. The first-order valence-electron chi connectivity index (χ1n) is 9.03. The summed E-state index contributed by atoms with van der Waals surface area (Å²) in [5, 5.41) is 3.71. The number of hydrogen-bond donors (Lipinski definition) is 0. The molecule has 1 aliphatic rings. The number of carbonyl (C=O) groups is 1. The van der Waals surface area contributed by atoms with Crippen molar-refractivity contribution in [2.75, 3.05) is 19.3 Å². The summed E-state index contributed by atoms with van der Waals surface area (Å²) < 4.78 is 72.7. The van der Waals surface area contributed by atoms with Crippen molar-refractivity contribution in [2.45, 2.75) is 43.4 Å². The molecule has 164 valence electrons. The van der Waals surface area contributed by atoms with Crippen LogP contribution in [0.25, 0.3) is 0 Å². The van der Waals surface area contributed by atoms with Gasteiger partial charge in [0.05, 0.1) is 16.4 Å². The maximum Gasteiger partial charge on any atom is 0.425 e. The molecule has 0 spiro atoms. The molecule has 2 heterocycles. The van der Waals surface area contributed by atoms with Gasteiger partial charge in [0.2, 0.25) is 5.89 Å². The van der Waals surface area contributed by atoms with Crippen molar-refractivity contribution in [3.63, 3.8) is 0 Å². The van der Waals surface area contributed by atoms with E-state index in [1.807, 2.05) is 0 Å². The van der Waals surface area contributed by atoms with E-state index in [0.717, 1.165) is 31.4 Å². The summed E-state index contributed by atoms with van der Waals surface area (Å²) in [6, 6.07) is 3.22. The van der Waals surface area contributed by atoms with Crippen LogP contribution in [-0.4, -0.2) is 61.0 Å². The number of ether oxygens (including phenoxy) is 1. The highest BCUT2D eigenvalue weighted by molar-refractivity contribution is 7.90. The standard InChI is InChI=1S/C18H20F3N3O5S/c1-10(18(19,20)21)28-15-5-4-13(30(3,26)27)8-14(15)17(25)24-7-6-12(9-24)16-22-11(2)23-29-16/h4-5,8,10,12H,6-7,9H2,1-3H3. The van der Waals surface area contributed by atoms with Gasteiger partial charge in [-0.3, -0.25) is 4.79 Å². The summed E-state index contributed by atoms with van der Waals surface area (Å²) in [5.74, 6) is -0.369. The minimum absolute atomic E-state index is 0.193. The van der Waals surface area contributed by atoms with Gasteiger partial charge in [-0.2, -0.15) is 18.2 Å². The second-order valence-electron chi connectivity index (χ2n) is 7.15. The molecule has 1 aromatic heterocycles. The number of benzene rings is 1. The number of halogens is 3. The molecule has 2 unspecified atom stereocenters. The lowest BCUT2D eigenvalue weighted by Crippen LogP contribution is -2.33. The average Bonchev–Trinajstić information content (AvgIpc) is 3.28. The van der Waals surface area contributed by atoms with Crippen LogP contribution in [0.2, 0.25) is 0 Å². The van der Waals surface area contributed by atoms with E-state index in [4.69, 9.17) is 9.26 Å². The number of rotatable bonds is 5. The van der Waals surface area contributed by atoms with Gasteiger partial charge in [-0.15, -0.1) is 0 Å². The summed E-state index contributed by atoms with van der Waals surface area (Å²) in [5.41, 5.74) is -0.253. The van der Waals surface area contributed by atoms with E-state index in [2.05, 4.69) is 10.1 Å². The fourth-order valence-corrected chi connectivity index (χ4v) is 3.71. The minimum atomic E-state index is -4.65. The number of sulfone groups is 1. The zero-order valence-electron chi connectivity index (χ0n) is 16.4. The molecule has 1 aromatic carbocycles. The Balaban J connectivity index is 1.90. The molecule has 12 heteroatoms. The Morgan fingerprint density at radius 3 is 2.63 bits per heavy atom. The fourth-order valence-electron chi connectivity index (χ4n) is 3.06. The highest BCUT2D eigenvalue weighted by Crippen LogP contribution is 2.32. The Hall–Kier alpha value is -2.63. The zero-order chi connectivity index (χ0) is 22.3. The van der Waals surface area contributed by atoms with E-state index in [9.17, 15) is 26.4 Å². The molecular formula is C18H20F3N3O5S. The number of carbonyl (C=O) groups excluding carboxylic acids is 1. The van der Waals surface area contributed by atoms with E-state index in [0.29, 0.717) is 24.7 Å². The van der Waals surface area contributed by atoms with Crippen LogP contribution in [0.1, 0.15) is 41.3 Å². The molecule has 1 fully saturated rings. The largest absolute Gasteiger partial charge is 0.480 e. The highest BCUT2D eigenvalue weighted by Gasteiger charge is 2.39. The number of alkyl halides is 3. The lowest BCUT2D eigenvalue weighted by Gasteiger charge is -2.22. The van der Waals surface area contributed by atoms with Crippen molar-refractivity contribution < 1.29 is 35.6 Å². The van der Waals surface area contributed by atoms with Crippen LogP contribution in [-0.2, 0) is 9.84 Å². The number of aryl methyl sites for hydroxylation is 1. The summed E-state index contributed by atoms with van der Waals surface area (Å²) in [6.07, 6.45) is -5.36. The van der Waals surface area contributed by atoms with E-state index < -0.39 is 28.0 Å². The maximum absolute atomic E-state index is 13.1. The van der Waals surface area contributed by atoms with Gasteiger partial charge in [-0.1, -0.05) is 5.16 Å². The Labute approximate surface area is 170 Å². The smallest absolute Gasteiger partial charge is 0.425 e. The Kier molecular flexibility index (Phi) is 5.81. The quantitative estimate of drug-likeness (QED) is 0.694. The van der Waals surface area contributed by atoms with Crippen molar-refractivity contribution in [1.29, 1.82) is 0 Å². The molecule has 3 rings (SSSR count). The third-order valence-corrected chi connectivity index (χ3v) is 5.85. The first kappa shape index (κ1) is 22.1. The summed E-state index contributed by atoms with van der Waals surface area (Å²) in [4.78, 5) is 18.4. The van der Waals surface area contributed by atoms with E-state index in [1.54, 1.807) is 6.92 Å². The number of nitrogens with zero attached hydrogens (tertiary/aromatic N) is 3. The lowest BCUT2D eigenvalue weighted by atomic mass is 10.1. The molecule has 2 aromatic rings. The van der Waals surface area contributed by atoms with Crippen molar-refractivity contribution in [3.05, 3.63) is 35.5 Å². The molecule has 0 saturated carbocycles. The SMILES string of the molecule is Cc1noc(C2CCN(C(=O)c3cc(S(C)(=O)=O)ccc3OC(C)C(F)(F)F)C2)n1. The van der Waals surface area contributed by atoms with Gasteiger partial charge < -0.3 is 14.2 Å². The van der Waals surface area contributed by atoms with Crippen LogP contribution in [0.3, 0.4) is 0 Å². The van der Waals surface area contributed by atoms with Gasteiger partial charge in [-0.25, -0.2) is 8.42 Å². The van der Waals surface area contributed by atoms with E-state index >= 15 is 0 Å². The van der Waals surface area contributed by atoms with E-state index in [1.165, 1.54) is 4.90 Å². The maximum atomic E-state index is 13.1. The van der Waals surface area contributed by atoms with Gasteiger partial charge in [0.15, 0.2) is 21.8 Å². The number of hydrogen-bond acceptors (Lipinski definition) is 7. The predicted molar refractivity (Wildman–Crippen MR) is 98.0 cm³/mol. The molecule has 30 heavy (non-hydrogen) atoms. The van der Waals surface area contributed by atoms with Crippen molar-refractivity contribution >= 4 is 15.7 Å². The van der Waals surface area contributed by atoms with E-state index in [-0.39, 0.29) is 28.7 Å². The van der Waals surface area contributed by atoms with Crippen LogP contribution < -0.4 is 4.74 Å². The number of likely N-dealkylation sites (tertiary alicyclic amines) is 1. The van der Waals surface area contributed by atoms with Gasteiger partial charge in [0.25, 0.3) is 5.91 Å². The molecule has 1 saturated heterocycles. The first-order chi connectivity index (χ1) is 13.9. The van der Waals surface area contributed by atoms with Crippen LogP contribution in [0, 0.1) is 6.92 Å². The molecule has 2 atom stereocenters. The monoisotopic (exact) mass is 447 g/mol. The molecule has 1 aliphatic heterocycles. The summed E-state index contributed by atoms with van der Waals surface area (Å²) >= 11 is 0. The average molecular weight is 447 g/mol. The predicted octanol–water partition coefficient (Wildman–Crippen LogP) is 2.74. The summed E-state index contributed by atoms with van der Waals surface area (Å²) in [7, 11) is -3.69. The van der Waals surface area contributed by atoms with Crippen molar-refractivity contribution in [3.8, 4) is 5.75 Å². The topological polar surface area (TPSA) is 103 Å². The summed E-state index contributed by atoms with van der Waals surface area (Å²) in [6.45, 7) is 2.97. The zero-order valence-corrected chi connectivity index (χ0v) is 17.2. The van der Waals surface area contributed by atoms with Gasteiger partial charge >= 0.3 is 6.18 Å². The van der Waals surface area contributed by atoms with Crippen molar-refractivity contribution in [1.82, 2.24) is 15.0 Å². The highest BCUT2D eigenvalue weighted by atomic mass is 32.2. The minimum Gasteiger partial charge on any atom is -0.480 e. The first-order valence-corrected chi connectivity index (χ1v) is 10.9. The molecule has 0 radical (unpaired) electrons. The number of aromatic nitrogens is 2. The molecule has 1 amide bonds. The third kappa shape index (κ3) is 4.74. The molecule has 0 bridgehead atoms. The van der Waals surface area contributed by atoms with Crippen LogP contribution in [0.15, 0.2) is 27.6 Å². The Bertz CT molecular complexity index is 1050. The van der Waals surface area contributed by atoms with Crippen LogP contribution in [0.4, 0.5) is 13.2 Å².